The number of benzene rings is 2. The van der Waals surface area contributed by atoms with Crippen LogP contribution in [0.15, 0.2) is 71.8 Å². The molecule has 6 heteroatoms. The highest BCUT2D eigenvalue weighted by Crippen LogP contribution is 2.39. The number of aryl methyl sites for hydroxylation is 1. The lowest BCUT2D eigenvalue weighted by Crippen LogP contribution is -2.13. The van der Waals surface area contributed by atoms with Crippen LogP contribution in [-0.4, -0.2) is 29.2 Å². The van der Waals surface area contributed by atoms with Crippen LogP contribution in [0, 0.1) is 6.92 Å². The van der Waals surface area contributed by atoms with E-state index in [0.717, 1.165) is 28.9 Å². The molecule has 0 saturated carbocycles. The van der Waals surface area contributed by atoms with Crippen molar-refractivity contribution in [1.29, 1.82) is 0 Å². The van der Waals surface area contributed by atoms with E-state index in [-0.39, 0.29) is 18.5 Å². The molecule has 0 spiro atoms. The van der Waals surface area contributed by atoms with Crippen molar-refractivity contribution in [2.75, 3.05) is 12.9 Å². The summed E-state index contributed by atoms with van der Waals surface area (Å²) in [7, 11) is 1.40. The largest absolute Gasteiger partial charge is 0.473 e. The van der Waals surface area contributed by atoms with Crippen molar-refractivity contribution in [3.05, 3.63) is 94.1 Å². The third kappa shape index (κ3) is 4.59. The molecule has 0 fully saturated rings. The van der Waals surface area contributed by atoms with E-state index in [4.69, 9.17) is 9.47 Å². The van der Waals surface area contributed by atoms with Crippen LogP contribution in [0.2, 0.25) is 0 Å². The van der Waals surface area contributed by atoms with Gasteiger partial charge in [-0.2, -0.15) is 0 Å². The number of thioether (sulfide) groups is 1. The Morgan fingerprint density at radius 2 is 1.87 bits per heavy atom. The molecule has 158 valence electrons. The molecular weight excluding hydrogens is 410 g/mol. The second-order valence-corrected chi connectivity index (χ2v) is 8.36. The monoisotopic (exact) mass is 433 g/mol. The van der Waals surface area contributed by atoms with Crippen LogP contribution in [0.25, 0.3) is 5.57 Å². The van der Waals surface area contributed by atoms with Crippen molar-refractivity contribution in [1.82, 2.24) is 4.57 Å². The number of carbonyl (C=O) groups is 2. The zero-order valence-electron chi connectivity index (χ0n) is 17.5. The van der Waals surface area contributed by atoms with E-state index < -0.39 is 0 Å². The predicted octanol–water partition coefficient (Wildman–Crippen LogP) is 5.09. The van der Waals surface area contributed by atoms with Crippen LogP contribution in [0.4, 0.5) is 0 Å². The fourth-order valence-corrected chi connectivity index (χ4v) is 4.61. The van der Waals surface area contributed by atoms with Crippen molar-refractivity contribution in [2.45, 2.75) is 20.1 Å². The number of allylic oxidation sites excluding steroid dienone is 1. The van der Waals surface area contributed by atoms with E-state index in [1.165, 1.54) is 18.9 Å². The van der Waals surface area contributed by atoms with Crippen LogP contribution >= 0.6 is 11.8 Å². The Kier molecular flexibility index (Phi) is 6.28. The van der Waals surface area contributed by atoms with Gasteiger partial charge < -0.3 is 14.0 Å². The minimum Gasteiger partial charge on any atom is -0.473 e. The predicted molar refractivity (Wildman–Crippen MR) is 122 cm³/mol. The van der Waals surface area contributed by atoms with Gasteiger partial charge in [-0.05, 0) is 48.7 Å². The first-order valence-corrected chi connectivity index (χ1v) is 11.0. The molecule has 0 atom stereocenters. The molecule has 1 aliphatic rings. The van der Waals surface area contributed by atoms with Gasteiger partial charge in [0.25, 0.3) is 0 Å². The van der Waals surface area contributed by atoms with Crippen molar-refractivity contribution in [3.63, 3.8) is 0 Å². The molecule has 5 nitrogen and oxygen atoms in total. The van der Waals surface area contributed by atoms with Gasteiger partial charge in [-0.1, -0.05) is 42.0 Å². The molecule has 2 heterocycles. The fourth-order valence-electron chi connectivity index (χ4n) is 3.51. The van der Waals surface area contributed by atoms with Crippen molar-refractivity contribution in [3.8, 4) is 5.75 Å². The van der Waals surface area contributed by atoms with Crippen LogP contribution in [-0.2, 0) is 16.3 Å². The summed E-state index contributed by atoms with van der Waals surface area (Å²) in [5, 5.41) is 0. The lowest BCUT2D eigenvalue weighted by atomic mass is 10.0. The molecule has 0 saturated heterocycles. The number of ketones is 1. The quantitative estimate of drug-likeness (QED) is 0.384. The average molecular weight is 434 g/mol. The van der Waals surface area contributed by atoms with Crippen LogP contribution < -0.4 is 4.74 Å². The Morgan fingerprint density at radius 1 is 1.06 bits per heavy atom. The smallest absolute Gasteiger partial charge is 0.344 e. The van der Waals surface area contributed by atoms with Gasteiger partial charge in [0.15, 0.2) is 6.73 Å². The summed E-state index contributed by atoms with van der Waals surface area (Å²) in [5.74, 6) is 1.20. The molecule has 0 aliphatic carbocycles. The molecule has 2 aromatic carbocycles. The number of nitrogens with zero attached hydrogens (tertiary/aromatic N) is 1. The maximum atomic E-state index is 12.9. The molecule has 0 unspecified atom stereocenters. The van der Waals surface area contributed by atoms with Gasteiger partial charge in [-0.3, -0.25) is 4.79 Å². The number of hydrogen-bond acceptors (Lipinski definition) is 5. The Morgan fingerprint density at radius 3 is 2.65 bits per heavy atom. The topological polar surface area (TPSA) is 57.5 Å². The number of ether oxygens (including phenoxy) is 2. The molecular formula is C25H23NO4S. The second kappa shape index (κ2) is 9.27. The van der Waals surface area contributed by atoms with Crippen molar-refractivity contribution in [2.24, 2.45) is 0 Å². The van der Waals surface area contributed by atoms with E-state index in [2.05, 4.69) is 0 Å². The lowest BCUT2D eigenvalue weighted by molar-refractivity contribution is -0.135. The maximum absolute atomic E-state index is 12.9. The Balaban J connectivity index is 1.51. The lowest BCUT2D eigenvalue weighted by Gasteiger charge is -2.12. The number of hydrogen-bond donors (Lipinski definition) is 0. The maximum Gasteiger partial charge on any atom is 0.344 e. The van der Waals surface area contributed by atoms with Crippen LogP contribution in [0.3, 0.4) is 0 Å². The Bertz CT molecular complexity index is 1140. The van der Waals surface area contributed by atoms with Gasteiger partial charge in [0.05, 0.1) is 17.7 Å². The van der Waals surface area contributed by atoms with E-state index in [9.17, 15) is 9.59 Å². The first kappa shape index (κ1) is 21.0. The number of esters is 1. The summed E-state index contributed by atoms with van der Waals surface area (Å²) in [6, 6.07) is 18.8. The van der Waals surface area contributed by atoms with E-state index >= 15 is 0 Å². The zero-order chi connectivity index (χ0) is 21.8. The van der Waals surface area contributed by atoms with Crippen molar-refractivity contribution < 1.29 is 19.1 Å². The summed E-state index contributed by atoms with van der Waals surface area (Å²) in [4.78, 5) is 25.6. The third-order valence-electron chi connectivity index (χ3n) is 5.17. The molecule has 0 bridgehead atoms. The summed E-state index contributed by atoms with van der Waals surface area (Å²) in [6.07, 6.45) is 2.64. The van der Waals surface area contributed by atoms with Gasteiger partial charge in [-0.15, -0.1) is 11.8 Å². The fraction of sp³-hybridized carbons (Fsp3) is 0.200. The van der Waals surface area contributed by atoms with Gasteiger partial charge in [0, 0.05) is 17.5 Å². The highest BCUT2D eigenvalue weighted by molar-refractivity contribution is 8.04. The Hall–Kier alpha value is -3.25. The molecule has 31 heavy (non-hydrogen) atoms. The van der Waals surface area contributed by atoms with E-state index in [1.807, 2.05) is 67.7 Å². The highest BCUT2D eigenvalue weighted by atomic mass is 32.2. The third-order valence-corrected chi connectivity index (χ3v) is 6.28. The van der Waals surface area contributed by atoms with Gasteiger partial charge in [0.2, 0.25) is 5.78 Å². The van der Waals surface area contributed by atoms with Gasteiger partial charge in [-0.25, -0.2) is 4.79 Å². The molecule has 0 radical (unpaired) electrons. The second-order valence-electron chi connectivity index (χ2n) is 7.26. The first-order valence-electron chi connectivity index (χ1n) is 10.0. The van der Waals surface area contributed by atoms with E-state index in [1.54, 1.807) is 10.6 Å². The number of carbonyl (C=O) groups excluding carboxylic acids is 2. The minimum atomic E-state index is -0.296. The molecule has 4 rings (SSSR count). The van der Waals surface area contributed by atoms with Crippen LogP contribution in [0.1, 0.15) is 33.6 Å². The molecule has 3 aromatic rings. The highest BCUT2D eigenvalue weighted by Gasteiger charge is 2.23. The molecule has 1 aliphatic heterocycles. The number of methoxy groups -OCH3 is 1. The van der Waals surface area contributed by atoms with Crippen molar-refractivity contribution >= 4 is 29.1 Å². The SMILES string of the molecule is COC(=O)C1=C(c2cccc(OCn3cccc3C(=O)c3ccc(C)cc3)c2)CCS1. The molecule has 1 aromatic heterocycles. The summed E-state index contributed by atoms with van der Waals surface area (Å²) in [6.45, 7) is 2.20. The van der Waals surface area contributed by atoms with Crippen LogP contribution in [0.5, 0.6) is 5.75 Å². The average Bonchev–Trinajstić information content (AvgIpc) is 3.47. The first-order chi connectivity index (χ1) is 15.1. The standard InChI is InChI=1S/C25H23NO4S/c1-17-8-10-18(11-9-17)23(27)22-7-4-13-26(22)16-30-20-6-3-5-19(15-20)21-12-14-31-24(21)25(28)29-2/h3-11,13,15H,12,14,16H2,1-2H3. The Labute approximate surface area is 185 Å². The summed E-state index contributed by atoms with van der Waals surface area (Å²) >= 11 is 1.52. The normalized spacial score (nSPS) is 13.4. The minimum absolute atomic E-state index is 0.0433. The number of aromatic nitrogens is 1. The summed E-state index contributed by atoms with van der Waals surface area (Å²) < 4.78 is 12.7. The number of rotatable bonds is 7. The molecule has 0 N–H and O–H groups in total. The van der Waals surface area contributed by atoms with Gasteiger partial charge >= 0.3 is 5.97 Å². The molecule has 0 amide bonds. The van der Waals surface area contributed by atoms with E-state index in [0.29, 0.717) is 21.9 Å². The summed E-state index contributed by atoms with van der Waals surface area (Å²) in [5.41, 5.74) is 4.27. The zero-order valence-corrected chi connectivity index (χ0v) is 18.3. The van der Waals surface area contributed by atoms with Gasteiger partial charge in [0.1, 0.15) is 5.75 Å².